The molecule has 36 heavy (non-hydrogen) atoms. The van der Waals surface area contributed by atoms with Crippen LogP contribution in [0.4, 0.5) is 17.6 Å². The van der Waals surface area contributed by atoms with Crippen LogP contribution >= 0.6 is 0 Å². The van der Waals surface area contributed by atoms with Crippen molar-refractivity contribution in [3.8, 4) is 11.3 Å². The van der Waals surface area contributed by atoms with E-state index in [0.29, 0.717) is 11.1 Å². The van der Waals surface area contributed by atoms with Crippen LogP contribution in [0.3, 0.4) is 0 Å². The van der Waals surface area contributed by atoms with Gasteiger partial charge in [-0.05, 0) is 37.1 Å². The number of aromatic nitrogens is 1. The van der Waals surface area contributed by atoms with Gasteiger partial charge in [0.15, 0.2) is 9.84 Å². The third-order valence-corrected chi connectivity index (χ3v) is 6.91. The molecule has 2 atom stereocenters. The molecule has 0 radical (unpaired) electrons. The summed E-state index contributed by atoms with van der Waals surface area (Å²) in [5, 5.41) is 1.12. The Hall–Kier alpha value is -3.31. The molecule has 3 rings (SSSR count). The molecule has 0 aliphatic carbocycles. The summed E-state index contributed by atoms with van der Waals surface area (Å²) < 4.78 is 77.6. The summed E-state index contributed by atoms with van der Waals surface area (Å²) in [6, 6.07) is 12.6. The largest absolute Gasteiger partial charge is 0.433 e. The zero-order valence-corrected chi connectivity index (χ0v) is 20.5. The lowest BCUT2D eigenvalue weighted by Crippen LogP contribution is -2.28. The van der Waals surface area contributed by atoms with Crippen LogP contribution in [0.25, 0.3) is 11.3 Å². The fraction of sp³-hybridized carbons (Fsp3) is 0.280. The summed E-state index contributed by atoms with van der Waals surface area (Å²) in [7, 11) is -3.73. The molecule has 0 spiro atoms. The molecule has 0 fully saturated rings. The number of nitrogens with one attached hydrogen (secondary N) is 1. The number of hydrogen-bond donors (Lipinski definition) is 2. The number of amides is 1. The van der Waals surface area contributed by atoms with Crippen LogP contribution in [-0.4, -0.2) is 25.6 Å². The van der Waals surface area contributed by atoms with E-state index in [4.69, 9.17) is 5.73 Å². The first-order valence-corrected chi connectivity index (χ1v) is 12.8. The molecule has 0 aliphatic heterocycles. The predicted molar refractivity (Wildman–Crippen MR) is 128 cm³/mol. The van der Waals surface area contributed by atoms with E-state index in [-0.39, 0.29) is 23.4 Å². The third kappa shape index (κ3) is 6.27. The summed E-state index contributed by atoms with van der Waals surface area (Å²) in [5.41, 5.74) is 6.44. The van der Waals surface area contributed by atoms with Crippen molar-refractivity contribution in [3.05, 3.63) is 88.4 Å². The number of alkyl halides is 3. The zero-order chi connectivity index (χ0) is 26.8. The van der Waals surface area contributed by atoms with Crippen LogP contribution in [0, 0.1) is 12.7 Å². The number of pyridine rings is 1. The second kappa shape index (κ2) is 10.4. The lowest BCUT2D eigenvalue weighted by molar-refractivity contribution is -0.141. The average Bonchev–Trinajstić information content (AvgIpc) is 2.80. The lowest BCUT2D eigenvalue weighted by Gasteiger charge is -2.17. The molecule has 0 bridgehead atoms. The van der Waals surface area contributed by atoms with Crippen molar-refractivity contribution >= 4 is 15.7 Å². The molecule has 0 saturated carbocycles. The van der Waals surface area contributed by atoms with Crippen LogP contribution in [0.2, 0.25) is 0 Å². The van der Waals surface area contributed by atoms with Gasteiger partial charge in [0.2, 0.25) is 5.91 Å². The predicted octanol–water partition coefficient (Wildman–Crippen LogP) is 4.64. The molecular formula is C25H25F4N3O3S. The highest BCUT2D eigenvalue weighted by Gasteiger charge is 2.33. The van der Waals surface area contributed by atoms with Crippen molar-refractivity contribution in [2.45, 2.75) is 37.9 Å². The van der Waals surface area contributed by atoms with E-state index in [1.54, 1.807) is 24.3 Å². The van der Waals surface area contributed by atoms with Gasteiger partial charge in [-0.25, -0.2) is 17.8 Å². The highest BCUT2D eigenvalue weighted by atomic mass is 32.2. The number of carbonyl (C=O) groups is 1. The second-order valence-corrected chi connectivity index (χ2v) is 10.7. The quantitative estimate of drug-likeness (QED) is 0.440. The van der Waals surface area contributed by atoms with Crippen molar-refractivity contribution in [2.24, 2.45) is 5.73 Å². The molecule has 3 N–H and O–H groups in total. The number of nitrogens with zero attached hydrogens (tertiary/aromatic N) is 1. The molecule has 2 aromatic carbocycles. The maximum Gasteiger partial charge on any atom is 0.433 e. The maximum absolute atomic E-state index is 14.5. The Morgan fingerprint density at radius 2 is 1.72 bits per heavy atom. The Morgan fingerprint density at radius 3 is 2.28 bits per heavy atom. The van der Waals surface area contributed by atoms with Gasteiger partial charge in [0.05, 0.1) is 11.6 Å². The Bertz CT molecular complexity index is 1370. The topological polar surface area (TPSA) is 102 Å². The number of aryl methyl sites for hydroxylation is 1. The van der Waals surface area contributed by atoms with Crippen LogP contribution in [-0.2, 0) is 27.4 Å². The molecule has 3 aromatic rings. The van der Waals surface area contributed by atoms with E-state index in [2.05, 4.69) is 10.3 Å². The van der Waals surface area contributed by atoms with Gasteiger partial charge in [0.25, 0.3) is 0 Å². The first kappa shape index (κ1) is 27.3. The minimum atomic E-state index is -4.63. The molecule has 1 heterocycles. The lowest BCUT2D eigenvalue weighted by atomic mass is 9.98. The van der Waals surface area contributed by atoms with Crippen LogP contribution in [0.1, 0.15) is 46.2 Å². The van der Waals surface area contributed by atoms with Crippen molar-refractivity contribution < 1.29 is 30.8 Å². The highest BCUT2D eigenvalue weighted by Crippen LogP contribution is 2.31. The number of benzene rings is 2. The molecule has 6 nitrogen and oxygen atoms in total. The number of halogens is 4. The normalized spacial score (nSPS) is 13.8. The van der Waals surface area contributed by atoms with E-state index in [1.807, 2.05) is 6.92 Å². The number of nitrogens with two attached hydrogens (primary N) is 1. The van der Waals surface area contributed by atoms with Gasteiger partial charge in [-0.3, -0.25) is 4.79 Å². The Balaban J connectivity index is 1.83. The fourth-order valence-corrected chi connectivity index (χ4v) is 4.16. The Morgan fingerprint density at radius 1 is 1.08 bits per heavy atom. The number of hydrogen-bond acceptors (Lipinski definition) is 5. The number of carbonyl (C=O) groups excluding carboxylic acids is 1. The van der Waals surface area contributed by atoms with Gasteiger partial charge in [-0.15, -0.1) is 0 Å². The summed E-state index contributed by atoms with van der Waals surface area (Å²) in [6.07, 6.45) is -3.74. The standard InChI is InChI=1S/C25H25F4N3O3S/c1-14-4-6-16(7-5-14)22-18(9-11-21(32-22)25(27,28)29)13-31-24(33)15(2)17-8-10-19(20(26)12-17)23(30)36(3,34)35/h4-12,15,23H,13,30H2,1-3H3,(H,31,33). The smallest absolute Gasteiger partial charge is 0.351 e. The summed E-state index contributed by atoms with van der Waals surface area (Å²) in [5.74, 6) is -2.21. The zero-order valence-electron chi connectivity index (χ0n) is 19.7. The van der Waals surface area contributed by atoms with Gasteiger partial charge < -0.3 is 11.1 Å². The van der Waals surface area contributed by atoms with E-state index in [9.17, 15) is 30.8 Å². The van der Waals surface area contributed by atoms with E-state index in [0.717, 1.165) is 24.0 Å². The fourth-order valence-electron chi connectivity index (χ4n) is 3.51. The molecule has 0 aliphatic rings. The minimum Gasteiger partial charge on any atom is -0.351 e. The monoisotopic (exact) mass is 523 g/mol. The average molecular weight is 524 g/mol. The molecular weight excluding hydrogens is 498 g/mol. The molecule has 1 amide bonds. The first-order chi connectivity index (χ1) is 16.7. The van der Waals surface area contributed by atoms with Crippen molar-refractivity contribution in [2.75, 3.05) is 6.26 Å². The highest BCUT2D eigenvalue weighted by molar-refractivity contribution is 7.90. The van der Waals surface area contributed by atoms with Crippen LogP contribution in [0.15, 0.2) is 54.6 Å². The first-order valence-electron chi connectivity index (χ1n) is 10.8. The molecule has 11 heteroatoms. The van der Waals surface area contributed by atoms with Crippen LogP contribution < -0.4 is 11.1 Å². The van der Waals surface area contributed by atoms with E-state index < -0.39 is 44.7 Å². The Kier molecular flexibility index (Phi) is 7.85. The van der Waals surface area contributed by atoms with Crippen molar-refractivity contribution in [1.29, 1.82) is 0 Å². The van der Waals surface area contributed by atoms with E-state index >= 15 is 0 Å². The molecule has 2 unspecified atom stereocenters. The van der Waals surface area contributed by atoms with Gasteiger partial charge in [-0.1, -0.05) is 48.0 Å². The van der Waals surface area contributed by atoms with Gasteiger partial charge in [-0.2, -0.15) is 13.2 Å². The number of sulfone groups is 1. The van der Waals surface area contributed by atoms with Crippen molar-refractivity contribution in [1.82, 2.24) is 10.3 Å². The molecule has 1 aromatic heterocycles. The maximum atomic E-state index is 14.5. The minimum absolute atomic E-state index is 0.0861. The summed E-state index contributed by atoms with van der Waals surface area (Å²) in [4.78, 5) is 16.6. The molecule has 0 saturated heterocycles. The summed E-state index contributed by atoms with van der Waals surface area (Å²) >= 11 is 0. The SMILES string of the molecule is Cc1ccc(-c2nc(C(F)(F)F)ccc2CNC(=O)C(C)c2ccc(C(N)S(C)(=O)=O)c(F)c2)cc1. The Labute approximate surface area is 206 Å². The van der Waals surface area contributed by atoms with Gasteiger partial charge in [0, 0.05) is 23.9 Å². The van der Waals surface area contributed by atoms with E-state index in [1.165, 1.54) is 25.1 Å². The number of rotatable bonds is 7. The molecule has 192 valence electrons. The van der Waals surface area contributed by atoms with Gasteiger partial charge in [0.1, 0.15) is 16.9 Å². The van der Waals surface area contributed by atoms with Crippen molar-refractivity contribution in [3.63, 3.8) is 0 Å². The summed E-state index contributed by atoms with van der Waals surface area (Å²) in [6.45, 7) is 3.25. The van der Waals surface area contributed by atoms with Gasteiger partial charge >= 0.3 is 6.18 Å². The van der Waals surface area contributed by atoms with Crippen LogP contribution in [0.5, 0.6) is 0 Å². The second-order valence-electron chi connectivity index (χ2n) is 8.54. The third-order valence-electron chi connectivity index (χ3n) is 5.73.